The number of carbonyl (C=O) groups is 1. The van der Waals surface area contributed by atoms with Crippen LogP contribution < -0.4 is 20.1 Å². The first-order valence-electron chi connectivity index (χ1n) is 11.3. The lowest BCUT2D eigenvalue weighted by Crippen LogP contribution is -2.45. The zero-order chi connectivity index (χ0) is 22.3. The molecule has 1 saturated carbocycles. The summed E-state index contributed by atoms with van der Waals surface area (Å²) in [5, 5.41) is 6.70. The van der Waals surface area contributed by atoms with Crippen LogP contribution in [0, 0.1) is 5.92 Å². The van der Waals surface area contributed by atoms with Crippen molar-refractivity contribution in [2.45, 2.75) is 31.8 Å². The summed E-state index contributed by atoms with van der Waals surface area (Å²) in [6.07, 6.45) is 3.33. The molecule has 2 aromatic rings. The standard InChI is InChI=1S/C25H32N4O3.HI/c1-29(2)24(30)16-27-25(28-21-13-14-31-23-10-6-4-8-20(21)23)26-15-19-7-3-5-9-22(19)32-17-18-11-12-18;/h3-10,18,21H,11-17H2,1-2H3,(H2,26,27,28);1H. The Morgan fingerprint density at radius 3 is 2.67 bits per heavy atom. The summed E-state index contributed by atoms with van der Waals surface area (Å²) in [7, 11) is 3.49. The summed E-state index contributed by atoms with van der Waals surface area (Å²) in [6, 6.07) is 16.1. The van der Waals surface area contributed by atoms with Crippen LogP contribution in [0.25, 0.3) is 0 Å². The van der Waals surface area contributed by atoms with Crippen LogP contribution in [0.4, 0.5) is 0 Å². The van der Waals surface area contributed by atoms with E-state index >= 15 is 0 Å². The van der Waals surface area contributed by atoms with Crippen LogP contribution in [0.3, 0.4) is 0 Å². The van der Waals surface area contributed by atoms with Crippen molar-refractivity contribution in [3.8, 4) is 11.5 Å². The summed E-state index contributed by atoms with van der Waals surface area (Å²) in [5.41, 5.74) is 2.13. The molecule has 0 aromatic heterocycles. The number of guanidine groups is 1. The van der Waals surface area contributed by atoms with Gasteiger partial charge in [0.05, 0.1) is 32.3 Å². The second kappa shape index (κ2) is 12.1. The van der Waals surface area contributed by atoms with Crippen molar-refractivity contribution in [2.24, 2.45) is 10.9 Å². The molecule has 2 N–H and O–H groups in total. The van der Waals surface area contributed by atoms with Crippen LogP contribution in [-0.2, 0) is 11.3 Å². The molecule has 33 heavy (non-hydrogen) atoms. The van der Waals surface area contributed by atoms with E-state index in [0.29, 0.717) is 25.0 Å². The molecule has 0 radical (unpaired) electrons. The number of likely N-dealkylation sites (N-methyl/N-ethyl adjacent to an activating group) is 1. The molecule has 1 fully saturated rings. The number of fused-ring (bicyclic) bond motifs is 1. The van der Waals surface area contributed by atoms with Crippen molar-refractivity contribution in [3.05, 3.63) is 59.7 Å². The minimum absolute atomic E-state index is 0. The first-order valence-corrected chi connectivity index (χ1v) is 11.3. The number of benzene rings is 2. The number of aliphatic imine (C=N–C) groups is 1. The van der Waals surface area contributed by atoms with Crippen molar-refractivity contribution >= 4 is 35.8 Å². The van der Waals surface area contributed by atoms with Crippen LogP contribution in [0.15, 0.2) is 53.5 Å². The van der Waals surface area contributed by atoms with E-state index < -0.39 is 0 Å². The van der Waals surface area contributed by atoms with Gasteiger partial charge in [0.25, 0.3) is 0 Å². The maximum atomic E-state index is 12.2. The fourth-order valence-electron chi connectivity index (χ4n) is 3.56. The molecule has 1 unspecified atom stereocenters. The zero-order valence-corrected chi connectivity index (χ0v) is 21.6. The smallest absolute Gasteiger partial charge is 0.241 e. The second-order valence-electron chi connectivity index (χ2n) is 8.54. The highest BCUT2D eigenvalue weighted by Crippen LogP contribution is 2.32. The zero-order valence-electron chi connectivity index (χ0n) is 19.3. The molecule has 1 amide bonds. The Kier molecular flexibility index (Phi) is 9.22. The van der Waals surface area contributed by atoms with E-state index in [1.54, 1.807) is 19.0 Å². The van der Waals surface area contributed by atoms with Crippen LogP contribution in [0.1, 0.15) is 36.4 Å². The van der Waals surface area contributed by atoms with E-state index in [9.17, 15) is 4.79 Å². The van der Waals surface area contributed by atoms with E-state index in [0.717, 1.165) is 35.7 Å². The lowest BCUT2D eigenvalue weighted by atomic mass is 10.0. The number of nitrogens with zero attached hydrogens (tertiary/aromatic N) is 2. The van der Waals surface area contributed by atoms with Gasteiger partial charge in [0.1, 0.15) is 11.5 Å². The van der Waals surface area contributed by atoms with Crippen LogP contribution in [0.5, 0.6) is 11.5 Å². The minimum Gasteiger partial charge on any atom is -0.493 e. The number of nitrogens with one attached hydrogen (secondary N) is 2. The quantitative estimate of drug-likeness (QED) is 0.291. The van der Waals surface area contributed by atoms with Gasteiger partial charge in [0.15, 0.2) is 5.96 Å². The Bertz CT molecular complexity index is 962. The summed E-state index contributed by atoms with van der Waals surface area (Å²) in [4.78, 5) is 18.5. The minimum atomic E-state index is -0.0138. The molecule has 8 heteroatoms. The fraction of sp³-hybridized carbons (Fsp3) is 0.440. The molecular formula is C25H33IN4O3. The molecule has 0 spiro atoms. The molecule has 1 atom stereocenters. The average molecular weight is 564 g/mol. The topological polar surface area (TPSA) is 75.2 Å². The van der Waals surface area contributed by atoms with Crippen molar-refractivity contribution in [3.63, 3.8) is 0 Å². The summed E-state index contributed by atoms with van der Waals surface area (Å²) < 4.78 is 11.8. The monoisotopic (exact) mass is 564 g/mol. The van der Waals surface area contributed by atoms with E-state index in [1.165, 1.54) is 12.8 Å². The normalized spacial score (nSPS) is 17.2. The number of rotatable bonds is 8. The third-order valence-electron chi connectivity index (χ3n) is 5.73. The first kappa shape index (κ1) is 25.1. The molecule has 0 bridgehead atoms. The predicted octanol–water partition coefficient (Wildman–Crippen LogP) is 3.74. The van der Waals surface area contributed by atoms with Gasteiger partial charge in [-0.05, 0) is 30.9 Å². The number of hydrogen-bond acceptors (Lipinski definition) is 4. The maximum Gasteiger partial charge on any atom is 0.241 e. The van der Waals surface area contributed by atoms with Gasteiger partial charge in [0.2, 0.25) is 5.91 Å². The predicted molar refractivity (Wildman–Crippen MR) is 140 cm³/mol. The highest BCUT2D eigenvalue weighted by Gasteiger charge is 2.23. The molecule has 7 nitrogen and oxygen atoms in total. The van der Waals surface area contributed by atoms with Gasteiger partial charge in [-0.15, -0.1) is 24.0 Å². The van der Waals surface area contributed by atoms with Crippen molar-refractivity contribution in [2.75, 3.05) is 33.9 Å². The fourth-order valence-corrected chi connectivity index (χ4v) is 3.56. The van der Waals surface area contributed by atoms with Gasteiger partial charge >= 0.3 is 0 Å². The van der Waals surface area contributed by atoms with Crippen molar-refractivity contribution < 1.29 is 14.3 Å². The van der Waals surface area contributed by atoms with Crippen LogP contribution in [-0.4, -0.2) is 50.6 Å². The van der Waals surface area contributed by atoms with Gasteiger partial charge < -0.3 is 25.0 Å². The molecule has 1 heterocycles. The molecule has 2 aromatic carbocycles. The van der Waals surface area contributed by atoms with Crippen molar-refractivity contribution in [1.29, 1.82) is 0 Å². The van der Waals surface area contributed by atoms with Gasteiger partial charge in [-0.3, -0.25) is 4.79 Å². The SMILES string of the molecule is CN(C)C(=O)CNC(=NCc1ccccc1OCC1CC1)NC1CCOc2ccccc21.I. The number of halogens is 1. The number of amides is 1. The summed E-state index contributed by atoms with van der Waals surface area (Å²) >= 11 is 0. The third kappa shape index (κ3) is 7.25. The number of para-hydroxylation sites is 2. The molecule has 1 aliphatic heterocycles. The van der Waals surface area contributed by atoms with E-state index in [4.69, 9.17) is 14.5 Å². The molecule has 0 saturated heterocycles. The lowest BCUT2D eigenvalue weighted by molar-refractivity contribution is -0.127. The van der Waals surface area contributed by atoms with E-state index in [2.05, 4.69) is 16.7 Å². The molecule has 1 aliphatic carbocycles. The third-order valence-corrected chi connectivity index (χ3v) is 5.73. The van der Waals surface area contributed by atoms with Gasteiger partial charge in [0, 0.05) is 31.6 Å². The molecule has 4 rings (SSSR count). The Morgan fingerprint density at radius 2 is 1.88 bits per heavy atom. The highest BCUT2D eigenvalue weighted by molar-refractivity contribution is 14.0. The average Bonchev–Trinajstić information content (AvgIpc) is 3.64. The Morgan fingerprint density at radius 1 is 1.12 bits per heavy atom. The van der Waals surface area contributed by atoms with Crippen LogP contribution >= 0.6 is 24.0 Å². The number of carbonyl (C=O) groups excluding carboxylic acids is 1. The summed E-state index contributed by atoms with van der Waals surface area (Å²) in [6.45, 7) is 2.03. The highest BCUT2D eigenvalue weighted by atomic mass is 127. The largest absolute Gasteiger partial charge is 0.493 e. The van der Waals surface area contributed by atoms with Crippen molar-refractivity contribution in [1.82, 2.24) is 15.5 Å². The molecular weight excluding hydrogens is 531 g/mol. The molecule has 2 aliphatic rings. The van der Waals surface area contributed by atoms with E-state index in [1.807, 2.05) is 42.5 Å². The molecule has 178 valence electrons. The Hall–Kier alpha value is -2.49. The lowest BCUT2D eigenvalue weighted by Gasteiger charge is -2.28. The van der Waals surface area contributed by atoms with Gasteiger partial charge in [-0.2, -0.15) is 0 Å². The Labute approximate surface area is 213 Å². The van der Waals surface area contributed by atoms with Gasteiger partial charge in [-0.25, -0.2) is 4.99 Å². The summed E-state index contributed by atoms with van der Waals surface area (Å²) in [5.74, 6) is 3.04. The second-order valence-corrected chi connectivity index (χ2v) is 8.54. The first-order chi connectivity index (χ1) is 15.6. The van der Waals surface area contributed by atoms with Gasteiger partial charge in [-0.1, -0.05) is 36.4 Å². The van der Waals surface area contributed by atoms with Crippen LogP contribution in [0.2, 0.25) is 0 Å². The maximum absolute atomic E-state index is 12.2. The number of ether oxygens (including phenoxy) is 2. The number of hydrogen-bond donors (Lipinski definition) is 2. The Balaban J connectivity index is 0.00000306. The van der Waals surface area contributed by atoms with E-state index in [-0.39, 0.29) is 42.5 Å².